The Bertz CT molecular complexity index is 531. The quantitative estimate of drug-likeness (QED) is 0.795. The van der Waals surface area contributed by atoms with Gasteiger partial charge in [-0.2, -0.15) is 18.9 Å². The van der Waals surface area contributed by atoms with Gasteiger partial charge >= 0.3 is 6.55 Å². The first kappa shape index (κ1) is 11.7. The van der Waals surface area contributed by atoms with E-state index in [1.807, 2.05) is 0 Å². The Balaban J connectivity index is 2.44. The molecule has 17 heavy (non-hydrogen) atoms. The summed E-state index contributed by atoms with van der Waals surface area (Å²) in [5.74, 6) is 0.207. The number of rotatable bonds is 3. The largest absolute Gasteiger partial charge is 0.480 e. The first-order valence-corrected chi connectivity index (χ1v) is 4.89. The Morgan fingerprint density at radius 1 is 1.41 bits per heavy atom. The number of methoxy groups -OCH3 is 1. The minimum absolute atomic E-state index is 0.0202. The molecule has 0 aliphatic rings. The Morgan fingerprint density at radius 3 is 2.76 bits per heavy atom. The number of nitrogens with zero attached hydrogens (tertiary/aromatic N) is 4. The standard InChI is InChI=1S/C9H7ClF2N4O/c1-17-7-6(3-13-8(10)15-7)5-2-14-16(4-5)9(11)12/h2-4,9H,1H3. The fraction of sp³-hybridized carbons (Fsp3) is 0.222. The van der Waals surface area contributed by atoms with Crippen LogP contribution >= 0.6 is 11.6 Å². The average molecular weight is 261 g/mol. The SMILES string of the molecule is COc1nc(Cl)ncc1-c1cnn(C(F)F)c1. The van der Waals surface area contributed by atoms with Gasteiger partial charge in [0.05, 0.1) is 18.9 Å². The lowest BCUT2D eigenvalue weighted by molar-refractivity contribution is 0.0566. The minimum atomic E-state index is -2.69. The van der Waals surface area contributed by atoms with E-state index in [0.717, 1.165) is 0 Å². The second-order valence-corrected chi connectivity index (χ2v) is 3.39. The molecule has 8 heteroatoms. The molecular weight excluding hydrogens is 254 g/mol. The van der Waals surface area contributed by atoms with Gasteiger partial charge in [-0.05, 0) is 11.6 Å². The fourth-order valence-electron chi connectivity index (χ4n) is 1.28. The van der Waals surface area contributed by atoms with E-state index >= 15 is 0 Å². The monoisotopic (exact) mass is 260 g/mol. The molecule has 0 bridgehead atoms. The molecule has 2 aromatic rings. The number of aromatic nitrogens is 4. The molecule has 2 rings (SSSR count). The molecule has 0 saturated carbocycles. The number of hydrogen-bond donors (Lipinski definition) is 0. The highest BCUT2D eigenvalue weighted by Crippen LogP contribution is 2.28. The first-order valence-electron chi connectivity index (χ1n) is 4.51. The molecule has 2 heterocycles. The summed E-state index contributed by atoms with van der Waals surface area (Å²) in [6.07, 6.45) is 3.85. The third-order valence-electron chi connectivity index (χ3n) is 2.03. The second-order valence-electron chi connectivity index (χ2n) is 3.05. The normalized spacial score (nSPS) is 10.9. The topological polar surface area (TPSA) is 52.8 Å². The second kappa shape index (κ2) is 4.62. The van der Waals surface area contributed by atoms with Crippen molar-refractivity contribution in [1.29, 1.82) is 0 Å². The van der Waals surface area contributed by atoms with Crippen LogP contribution in [0.3, 0.4) is 0 Å². The summed E-state index contributed by atoms with van der Waals surface area (Å²) in [5, 5.41) is 3.53. The van der Waals surface area contributed by atoms with Crippen molar-refractivity contribution in [1.82, 2.24) is 19.7 Å². The maximum absolute atomic E-state index is 12.4. The van der Waals surface area contributed by atoms with Gasteiger partial charge in [0.25, 0.3) is 0 Å². The van der Waals surface area contributed by atoms with Gasteiger partial charge in [-0.3, -0.25) is 0 Å². The van der Waals surface area contributed by atoms with Gasteiger partial charge in [0.15, 0.2) is 0 Å². The molecule has 0 fully saturated rings. The van der Waals surface area contributed by atoms with Crippen LogP contribution in [0, 0.1) is 0 Å². The molecular formula is C9H7ClF2N4O. The minimum Gasteiger partial charge on any atom is -0.480 e. The maximum Gasteiger partial charge on any atom is 0.333 e. The summed E-state index contributed by atoms with van der Waals surface area (Å²) < 4.78 is 30.2. The molecule has 0 aliphatic heterocycles. The highest BCUT2D eigenvalue weighted by atomic mass is 35.5. The Labute approximate surface area is 100 Å². The summed E-state index contributed by atoms with van der Waals surface area (Å²) in [4.78, 5) is 7.60. The van der Waals surface area contributed by atoms with Crippen molar-refractivity contribution in [3.63, 3.8) is 0 Å². The number of alkyl halides is 2. The van der Waals surface area contributed by atoms with Gasteiger partial charge in [0, 0.05) is 18.0 Å². The summed E-state index contributed by atoms with van der Waals surface area (Å²) in [5.41, 5.74) is 0.877. The van der Waals surface area contributed by atoms with E-state index in [9.17, 15) is 8.78 Å². The number of halogens is 3. The van der Waals surface area contributed by atoms with E-state index in [4.69, 9.17) is 16.3 Å². The molecule has 0 amide bonds. The highest BCUT2D eigenvalue weighted by molar-refractivity contribution is 6.28. The van der Waals surface area contributed by atoms with Gasteiger partial charge in [0.2, 0.25) is 11.2 Å². The molecule has 0 aliphatic carbocycles. The van der Waals surface area contributed by atoms with Crippen molar-refractivity contribution in [2.24, 2.45) is 0 Å². The molecule has 0 spiro atoms. The molecule has 0 aromatic carbocycles. The number of ether oxygens (including phenoxy) is 1. The number of hydrogen-bond acceptors (Lipinski definition) is 4. The van der Waals surface area contributed by atoms with Gasteiger partial charge in [-0.1, -0.05) is 0 Å². The van der Waals surface area contributed by atoms with E-state index in [2.05, 4.69) is 15.1 Å². The molecule has 2 aromatic heterocycles. The van der Waals surface area contributed by atoms with Crippen LogP contribution in [0.4, 0.5) is 8.78 Å². The molecule has 0 radical (unpaired) electrons. The zero-order chi connectivity index (χ0) is 12.4. The van der Waals surface area contributed by atoms with Crippen molar-refractivity contribution in [3.05, 3.63) is 23.9 Å². The van der Waals surface area contributed by atoms with Crippen molar-refractivity contribution in [2.75, 3.05) is 7.11 Å². The van der Waals surface area contributed by atoms with E-state index in [0.29, 0.717) is 15.8 Å². The van der Waals surface area contributed by atoms with Crippen molar-refractivity contribution in [3.8, 4) is 17.0 Å². The lowest BCUT2D eigenvalue weighted by Gasteiger charge is -2.04. The lowest BCUT2D eigenvalue weighted by atomic mass is 10.2. The summed E-state index contributed by atoms with van der Waals surface area (Å²) in [6.45, 7) is -2.69. The maximum atomic E-state index is 12.4. The van der Waals surface area contributed by atoms with Gasteiger partial charge in [-0.15, -0.1) is 0 Å². The van der Waals surface area contributed by atoms with Crippen LogP contribution in [0.2, 0.25) is 5.28 Å². The van der Waals surface area contributed by atoms with Crippen molar-refractivity contribution >= 4 is 11.6 Å². The van der Waals surface area contributed by atoms with Crippen LogP contribution in [0.5, 0.6) is 5.88 Å². The van der Waals surface area contributed by atoms with Gasteiger partial charge in [0.1, 0.15) is 0 Å². The van der Waals surface area contributed by atoms with Crippen LogP contribution in [-0.4, -0.2) is 26.9 Å². The average Bonchev–Trinajstić information content (AvgIpc) is 2.78. The zero-order valence-electron chi connectivity index (χ0n) is 8.64. The molecule has 0 unspecified atom stereocenters. The zero-order valence-corrected chi connectivity index (χ0v) is 9.40. The van der Waals surface area contributed by atoms with Gasteiger partial charge in [-0.25, -0.2) is 9.67 Å². The van der Waals surface area contributed by atoms with Crippen molar-refractivity contribution < 1.29 is 13.5 Å². The summed E-state index contributed by atoms with van der Waals surface area (Å²) >= 11 is 5.60. The lowest BCUT2D eigenvalue weighted by Crippen LogP contribution is -1.97. The van der Waals surface area contributed by atoms with Crippen LogP contribution in [0.15, 0.2) is 18.6 Å². The van der Waals surface area contributed by atoms with Crippen molar-refractivity contribution in [2.45, 2.75) is 6.55 Å². The third kappa shape index (κ3) is 2.33. The molecule has 0 N–H and O–H groups in total. The highest BCUT2D eigenvalue weighted by Gasteiger charge is 2.13. The van der Waals surface area contributed by atoms with E-state index < -0.39 is 6.55 Å². The van der Waals surface area contributed by atoms with E-state index in [-0.39, 0.29) is 11.2 Å². The van der Waals surface area contributed by atoms with Crippen LogP contribution in [0.1, 0.15) is 6.55 Å². The Morgan fingerprint density at radius 2 is 2.18 bits per heavy atom. The van der Waals surface area contributed by atoms with Gasteiger partial charge < -0.3 is 4.74 Å². The molecule has 90 valence electrons. The van der Waals surface area contributed by atoms with Crippen LogP contribution < -0.4 is 4.74 Å². The third-order valence-corrected chi connectivity index (χ3v) is 2.21. The Hall–Kier alpha value is -1.76. The summed E-state index contributed by atoms with van der Waals surface area (Å²) in [7, 11) is 1.40. The van der Waals surface area contributed by atoms with Crippen LogP contribution in [-0.2, 0) is 0 Å². The fourth-order valence-corrected chi connectivity index (χ4v) is 1.41. The molecule has 5 nitrogen and oxygen atoms in total. The summed E-state index contributed by atoms with van der Waals surface area (Å²) in [6, 6.07) is 0. The Kier molecular flexibility index (Phi) is 3.19. The molecule has 0 saturated heterocycles. The van der Waals surface area contributed by atoms with Crippen LogP contribution in [0.25, 0.3) is 11.1 Å². The predicted molar refractivity (Wildman–Crippen MR) is 56.1 cm³/mol. The predicted octanol–water partition coefficient (Wildman–Crippen LogP) is 2.40. The first-order chi connectivity index (χ1) is 8.11. The van der Waals surface area contributed by atoms with E-state index in [1.54, 1.807) is 0 Å². The smallest absolute Gasteiger partial charge is 0.333 e. The molecule has 0 atom stereocenters. The van der Waals surface area contributed by atoms with E-state index in [1.165, 1.54) is 25.7 Å².